The summed E-state index contributed by atoms with van der Waals surface area (Å²) in [6, 6.07) is 0. The average Bonchev–Trinajstić information content (AvgIpc) is 2.89. The lowest BCUT2D eigenvalue weighted by Crippen LogP contribution is -1.98. The third-order valence-electron chi connectivity index (χ3n) is 3.50. The first kappa shape index (κ1) is 16.9. The van der Waals surface area contributed by atoms with Crippen LogP contribution < -0.4 is 0 Å². The standard InChI is InChI=1S/C8H12N2O.C7H12N2O/c1-4-10-7(3)8(5-11)6(2)9-10;1-4-9-6(3)7(10)5(2)8-9/h5H,4H2,1-3H3;10H,4H2,1-3H3. The molecule has 6 heteroatoms. The van der Waals surface area contributed by atoms with Crippen molar-refractivity contribution in [2.24, 2.45) is 0 Å². The van der Waals surface area contributed by atoms with Crippen molar-refractivity contribution in [1.29, 1.82) is 0 Å². The highest BCUT2D eigenvalue weighted by atomic mass is 16.3. The highest BCUT2D eigenvalue weighted by Gasteiger charge is 2.08. The van der Waals surface area contributed by atoms with Gasteiger partial charge in [0.1, 0.15) is 5.69 Å². The second-order valence-corrected chi connectivity index (χ2v) is 4.85. The van der Waals surface area contributed by atoms with Crippen LogP contribution in [0.25, 0.3) is 0 Å². The van der Waals surface area contributed by atoms with Crippen LogP contribution >= 0.6 is 0 Å². The van der Waals surface area contributed by atoms with E-state index in [9.17, 15) is 9.90 Å². The van der Waals surface area contributed by atoms with Gasteiger partial charge in [-0.1, -0.05) is 0 Å². The molecule has 2 rings (SSSR count). The molecule has 116 valence electrons. The molecular weight excluding hydrogens is 268 g/mol. The fourth-order valence-electron chi connectivity index (χ4n) is 2.18. The molecule has 0 spiro atoms. The minimum atomic E-state index is 0.321. The molecule has 0 unspecified atom stereocenters. The summed E-state index contributed by atoms with van der Waals surface area (Å²) in [7, 11) is 0. The number of aldehydes is 1. The Bertz CT molecular complexity index is 626. The molecular formula is C15H24N4O2. The molecule has 1 N–H and O–H groups in total. The predicted octanol–water partition coefficient (Wildman–Crippen LogP) is 2.56. The van der Waals surface area contributed by atoms with E-state index in [2.05, 4.69) is 10.2 Å². The molecule has 0 aliphatic carbocycles. The van der Waals surface area contributed by atoms with Gasteiger partial charge in [-0.05, 0) is 41.5 Å². The maximum atomic E-state index is 10.5. The molecule has 0 atom stereocenters. The van der Waals surface area contributed by atoms with E-state index in [1.54, 1.807) is 11.6 Å². The highest BCUT2D eigenvalue weighted by molar-refractivity contribution is 5.77. The molecule has 6 nitrogen and oxygen atoms in total. The van der Waals surface area contributed by atoms with Crippen molar-refractivity contribution in [3.63, 3.8) is 0 Å². The number of aromatic nitrogens is 4. The van der Waals surface area contributed by atoms with Gasteiger partial charge in [0.25, 0.3) is 0 Å². The molecule has 0 saturated carbocycles. The maximum Gasteiger partial charge on any atom is 0.159 e. The lowest BCUT2D eigenvalue weighted by atomic mass is 10.2. The summed E-state index contributed by atoms with van der Waals surface area (Å²) in [5.41, 5.74) is 4.06. The first-order valence-electron chi connectivity index (χ1n) is 7.09. The molecule has 0 radical (unpaired) electrons. The van der Waals surface area contributed by atoms with Crippen molar-refractivity contribution in [2.45, 2.75) is 54.6 Å². The number of carbonyl (C=O) groups excluding carboxylic acids is 1. The minimum Gasteiger partial charge on any atom is -0.504 e. The van der Waals surface area contributed by atoms with Crippen LogP contribution in [-0.2, 0) is 13.1 Å². The molecule has 21 heavy (non-hydrogen) atoms. The molecule has 0 aliphatic rings. The van der Waals surface area contributed by atoms with Gasteiger partial charge in [0.2, 0.25) is 0 Å². The number of nitrogens with zero attached hydrogens (tertiary/aromatic N) is 4. The summed E-state index contributed by atoms with van der Waals surface area (Å²) < 4.78 is 3.61. The molecule has 0 amide bonds. The van der Waals surface area contributed by atoms with Gasteiger partial charge in [-0.3, -0.25) is 14.2 Å². The normalized spacial score (nSPS) is 10.2. The monoisotopic (exact) mass is 292 g/mol. The Morgan fingerprint density at radius 3 is 1.67 bits per heavy atom. The molecule has 0 bridgehead atoms. The largest absolute Gasteiger partial charge is 0.504 e. The van der Waals surface area contributed by atoms with Gasteiger partial charge >= 0.3 is 0 Å². The first-order valence-corrected chi connectivity index (χ1v) is 7.09. The lowest BCUT2D eigenvalue weighted by Gasteiger charge is -1.96. The average molecular weight is 292 g/mol. The van der Waals surface area contributed by atoms with Crippen molar-refractivity contribution < 1.29 is 9.90 Å². The summed E-state index contributed by atoms with van der Waals surface area (Å²) in [6.45, 7) is 13.1. The smallest absolute Gasteiger partial charge is 0.159 e. The highest BCUT2D eigenvalue weighted by Crippen LogP contribution is 2.19. The lowest BCUT2D eigenvalue weighted by molar-refractivity contribution is 0.112. The molecule has 2 heterocycles. The minimum absolute atomic E-state index is 0.321. The van der Waals surface area contributed by atoms with Gasteiger partial charge in [0.15, 0.2) is 12.0 Å². The Labute approximate surface area is 125 Å². The second kappa shape index (κ2) is 7.06. The van der Waals surface area contributed by atoms with Gasteiger partial charge in [0.05, 0.1) is 17.0 Å². The van der Waals surface area contributed by atoms with Crippen molar-refractivity contribution in [3.05, 3.63) is 28.3 Å². The van der Waals surface area contributed by atoms with Gasteiger partial charge in [-0.15, -0.1) is 0 Å². The summed E-state index contributed by atoms with van der Waals surface area (Å²) in [4.78, 5) is 10.5. The van der Waals surface area contributed by atoms with E-state index >= 15 is 0 Å². The zero-order valence-corrected chi connectivity index (χ0v) is 13.6. The van der Waals surface area contributed by atoms with Crippen LogP contribution in [0.5, 0.6) is 5.75 Å². The van der Waals surface area contributed by atoms with Crippen LogP contribution in [0.2, 0.25) is 0 Å². The third kappa shape index (κ3) is 3.51. The van der Waals surface area contributed by atoms with Crippen molar-refractivity contribution in [3.8, 4) is 5.75 Å². The maximum absolute atomic E-state index is 10.5. The van der Waals surface area contributed by atoms with E-state index in [4.69, 9.17) is 0 Å². The van der Waals surface area contributed by atoms with E-state index in [0.29, 0.717) is 11.4 Å². The number of hydrogen-bond donors (Lipinski definition) is 1. The molecule has 0 aliphatic heterocycles. The van der Waals surface area contributed by atoms with Crippen LogP contribution in [0.15, 0.2) is 0 Å². The van der Waals surface area contributed by atoms with Crippen molar-refractivity contribution >= 4 is 6.29 Å². The quantitative estimate of drug-likeness (QED) is 0.882. The number of aryl methyl sites for hydroxylation is 4. The van der Waals surface area contributed by atoms with Gasteiger partial charge in [-0.2, -0.15) is 10.2 Å². The van der Waals surface area contributed by atoms with E-state index in [0.717, 1.165) is 42.0 Å². The predicted molar refractivity (Wildman–Crippen MR) is 81.8 cm³/mol. The van der Waals surface area contributed by atoms with Gasteiger partial charge < -0.3 is 5.11 Å². The summed E-state index contributed by atoms with van der Waals surface area (Å²) in [5, 5.41) is 17.6. The molecule has 0 fully saturated rings. The Balaban J connectivity index is 0.000000211. The van der Waals surface area contributed by atoms with Crippen LogP contribution in [0.4, 0.5) is 0 Å². The van der Waals surface area contributed by atoms with Crippen LogP contribution in [0.3, 0.4) is 0 Å². The van der Waals surface area contributed by atoms with E-state index in [1.165, 1.54) is 0 Å². The van der Waals surface area contributed by atoms with E-state index in [-0.39, 0.29) is 0 Å². The van der Waals surface area contributed by atoms with Crippen molar-refractivity contribution in [2.75, 3.05) is 0 Å². The number of aromatic hydroxyl groups is 1. The Kier molecular flexibility index (Phi) is 5.69. The van der Waals surface area contributed by atoms with Gasteiger partial charge in [0, 0.05) is 18.8 Å². The zero-order valence-electron chi connectivity index (χ0n) is 13.6. The van der Waals surface area contributed by atoms with E-state index < -0.39 is 0 Å². The van der Waals surface area contributed by atoms with Crippen LogP contribution in [-0.4, -0.2) is 31.0 Å². The Morgan fingerprint density at radius 1 is 0.952 bits per heavy atom. The zero-order chi connectivity index (χ0) is 16.2. The molecule has 2 aromatic heterocycles. The van der Waals surface area contributed by atoms with Crippen LogP contribution in [0.1, 0.15) is 47.0 Å². The van der Waals surface area contributed by atoms with E-state index in [1.807, 2.05) is 39.3 Å². The fraction of sp³-hybridized carbons (Fsp3) is 0.533. The topological polar surface area (TPSA) is 72.9 Å². The first-order chi connectivity index (χ1) is 9.87. The van der Waals surface area contributed by atoms with Crippen molar-refractivity contribution in [1.82, 2.24) is 19.6 Å². The molecule has 0 saturated heterocycles. The molecule has 2 aromatic rings. The number of rotatable bonds is 3. The fourth-order valence-corrected chi connectivity index (χ4v) is 2.18. The Morgan fingerprint density at radius 2 is 1.43 bits per heavy atom. The molecule has 0 aromatic carbocycles. The summed E-state index contributed by atoms with van der Waals surface area (Å²) in [5.74, 6) is 0.321. The number of carbonyl (C=O) groups is 1. The summed E-state index contributed by atoms with van der Waals surface area (Å²) in [6.07, 6.45) is 0.865. The number of hydrogen-bond acceptors (Lipinski definition) is 4. The second-order valence-electron chi connectivity index (χ2n) is 4.85. The summed E-state index contributed by atoms with van der Waals surface area (Å²) >= 11 is 0. The third-order valence-corrected chi connectivity index (χ3v) is 3.50. The Hall–Kier alpha value is -2.11. The van der Waals surface area contributed by atoms with Crippen LogP contribution in [0, 0.1) is 27.7 Å². The SMILES string of the molecule is CCn1nc(C)c(C=O)c1C.CCn1nc(C)c(O)c1C. The van der Waals surface area contributed by atoms with Gasteiger partial charge in [-0.25, -0.2) is 0 Å².